The van der Waals surface area contributed by atoms with Crippen LogP contribution in [-0.2, 0) is 9.59 Å². The molecule has 0 saturated heterocycles. The molecule has 0 heterocycles. The molecule has 0 aliphatic heterocycles. The molecule has 0 aliphatic rings. The molecule has 0 saturated carbocycles. The van der Waals surface area contributed by atoms with Crippen LogP contribution < -0.4 is 10.1 Å². The monoisotopic (exact) mass is 669 g/mol. The Morgan fingerprint density at radius 2 is 1.27 bits per heavy atom. The molecule has 0 aromatic heterocycles. The molecule has 0 bridgehead atoms. The van der Waals surface area contributed by atoms with E-state index in [4.69, 9.17) is 9.84 Å². The largest absolute Gasteiger partial charge is 0.481 e. The molecule has 262 valence electrons. The summed E-state index contributed by atoms with van der Waals surface area (Å²) in [4.78, 5) is 47.4. The van der Waals surface area contributed by atoms with Crippen molar-refractivity contribution in [3.8, 4) is 5.75 Å². The standard InChI is InChI=1S/C38H45N3O6.C2H6/c1-3-4-5-6-7-8-9-10-11-12-13-14-15-16-17-18-19-20-37(45)47-35-26-25-33(29-34(35)30(2)42)41-40-32-23-21-31(22-24-32)38(46)39-28-27-36(43)44;1-2/h4-5,7-8,10-11,13-14,16-17,21-26,29H,3,6,9,12,15,18-20,27-28H2,1-2H3,(H,39,46)(H,43,44);1-2H3/b5-4-,8-7-,11-10-,14-13-,17-16-,41-40?;. The van der Waals surface area contributed by atoms with Gasteiger partial charge in [0.25, 0.3) is 5.91 Å². The second-order valence-corrected chi connectivity index (χ2v) is 10.5. The summed E-state index contributed by atoms with van der Waals surface area (Å²) in [5.74, 6) is -1.90. The van der Waals surface area contributed by atoms with Gasteiger partial charge in [0.2, 0.25) is 0 Å². The number of carboxylic acid groups (broad SMARTS) is 1. The van der Waals surface area contributed by atoms with Gasteiger partial charge in [-0.15, -0.1) is 0 Å². The first-order chi connectivity index (χ1) is 23.8. The lowest BCUT2D eigenvalue weighted by atomic mass is 10.1. The van der Waals surface area contributed by atoms with Crippen LogP contribution in [0, 0.1) is 0 Å². The van der Waals surface area contributed by atoms with Crippen molar-refractivity contribution < 1.29 is 29.0 Å². The third-order valence-corrected chi connectivity index (χ3v) is 6.51. The summed E-state index contributed by atoms with van der Waals surface area (Å²) >= 11 is 0. The number of nitrogens with one attached hydrogen (secondary N) is 1. The first kappa shape index (κ1) is 41.8. The van der Waals surface area contributed by atoms with E-state index in [0.717, 1.165) is 38.5 Å². The minimum absolute atomic E-state index is 0.0323. The predicted octanol–water partition coefficient (Wildman–Crippen LogP) is 10.4. The fraction of sp³-hybridized carbons (Fsp3) is 0.350. The van der Waals surface area contributed by atoms with Crippen molar-refractivity contribution in [2.45, 2.75) is 85.5 Å². The SMILES string of the molecule is CC.CC/C=C\C/C=C\C/C=C\C/C=C\C/C=C\CCCC(=O)Oc1ccc(N=Nc2ccc(C(=O)NCCC(=O)O)cc2)cc1C(C)=O. The van der Waals surface area contributed by atoms with Gasteiger partial charge in [0.05, 0.1) is 23.4 Å². The number of hydrogen-bond acceptors (Lipinski definition) is 7. The molecule has 0 radical (unpaired) electrons. The molecule has 2 aromatic rings. The van der Waals surface area contributed by atoms with Gasteiger partial charge in [0.1, 0.15) is 5.75 Å². The van der Waals surface area contributed by atoms with Gasteiger partial charge < -0.3 is 15.2 Å². The van der Waals surface area contributed by atoms with Crippen LogP contribution in [0.25, 0.3) is 0 Å². The van der Waals surface area contributed by atoms with E-state index < -0.39 is 11.9 Å². The second-order valence-electron chi connectivity index (χ2n) is 10.5. The fourth-order valence-corrected chi connectivity index (χ4v) is 4.03. The number of aliphatic carboxylic acids is 1. The maximum Gasteiger partial charge on any atom is 0.311 e. The number of nitrogens with zero attached hydrogens (tertiary/aromatic N) is 2. The lowest BCUT2D eigenvalue weighted by Crippen LogP contribution is -2.25. The minimum Gasteiger partial charge on any atom is -0.481 e. The van der Waals surface area contributed by atoms with Crippen LogP contribution in [0.5, 0.6) is 5.75 Å². The van der Waals surface area contributed by atoms with Crippen molar-refractivity contribution in [3.63, 3.8) is 0 Å². The topological polar surface area (TPSA) is 134 Å². The van der Waals surface area contributed by atoms with Crippen LogP contribution >= 0.6 is 0 Å². The predicted molar refractivity (Wildman–Crippen MR) is 197 cm³/mol. The molecule has 0 spiro atoms. The highest BCUT2D eigenvalue weighted by atomic mass is 16.5. The number of unbranched alkanes of at least 4 members (excludes halogenated alkanes) is 1. The van der Waals surface area contributed by atoms with Crippen molar-refractivity contribution in [1.29, 1.82) is 0 Å². The van der Waals surface area contributed by atoms with Gasteiger partial charge in [-0.2, -0.15) is 10.2 Å². The molecule has 0 atom stereocenters. The zero-order valence-electron chi connectivity index (χ0n) is 29.3. The quantitative estimate of drug-likeness (QED) is 0.0339. The normalized spacial score (nSPS) is 11.6. The Morgan fingerprint density at radius 1 is 0.735 bits per heavy atom. The molecule has 0 aliphatic carbocycles. The summed E-state index contributed by atoms with van der Waals surface area (Å²) < 4.78 is 5.48. The number of ketones is 1. The van der Waals surface area contributed by atoms with Gasteiger partial charge in [-0.25, -0.2) is 0 Å². The molecule has 2 rings (SSSR count). The van der Waals surface area contributed by atoms with Crippen LogP contribution in [-0.4, -0.2) is 35.3 Å². The lowest BCUT2D eigenvalue weighted by molar-refractivity contribution is -0.137. The number of esters is 1. The van der Waals surface area contributed by atoms with E-state index in [0.29, 0.717) is 23.4 Å². The van der Waals surface area contributed by atoms with Crippen molar-refractivity contribution >= 4 is 35.0 Å². The molecule has 49 heavy (non-hydrogen) atoms. The van der Waals surface area contributed by atoms with Crippen LogP contribution in [0.3, 0.4) is 0 Å². The van der Waals surface area contributed by atoms with Crippen LogP contribution in [0.4, 0.5) is 11.4 Å². The van der Waals surface area contributed by atoms with Gasteiger partial charge in [-0.1, -0.05) is 81.5 Å². The van der Waals surface area contributed by atoms with Crippen molar-refractivity contribution in [2.24, 2.45) is 10.2 Å². The molecule has 9 nitrogen and oxygen atoms in total. The summed E-state index contributed by atoms with van der Waals surface area (Å²) in [5, 5.41) is 19.5. The van der Waals surface area contributed by atoms with Gasteiger partial charge in [0, 0.05) is 18.5 Å². The van der Waals surface area contributed by atoms with Crippen LogP contribution in [0.15, 0.2) is 113 Å². The number of ether oxygens (including phenoxy) is 1. The Morgan fingerprint density at radius 3 is 1.82 bits per heavy atom. The first-order valence-corrected chi connectivity index (χ1v) is 16.9. The van der Waals surface area contributed by atoms with Gasteiger partial charge in [-0.3, -0.25) is 19.2 Å². The Hall–Kier alpha value is -5.18. The number of rotatable bonds is 21. The Balaban J connectivity index is 0.00000589. The average molecular weight is 670 g/mol. The molecule has 1 amide bonds. The Labute approximate surface area is 291 Å². The number of carbonyl (C=O) groups is 4. The van der Waals surface area contributed by atoms with E-state index in [9.17, 15) is 19.2 Å². The molecular weight excluding hydrogens is 618 g/mol. The molecule has 2 aromatic carbocycles. The number of benzene rings is 2. The third kappa shape index (κ3) is 19.9. The third-order valence-electron chi connectivity index (χ3n) is 6.51. The van der Waals surface area contributed by atoms with E-state index in [1.165, 1.54) is 19.1 Å². The van der Waals surface area contributed by atoms with E-state index in [2.05, 4.69) is 83.2 Å². The maximum absolute atomic E-state index is 12.4. The molecular formula is C40H51N3O6. The van der Waals surface area contributed by atoms with Crippen molar-refractivity contribution in [2.75, 3.05) is 6.54 Å². The summed E-state index contributed by atoms with van der Waals surface area (Å²) in [5.41, 5.74) is 1.45. The molecule has 0 fully saturated rings. The number of azo groups is 1. The highest BCUT2D eigenvalue weighted by molar-refractivity contribution is 5.98. The van der Waals surface area contributed by atoms with E-state index in [1.807, 2.05) is 13.8 Å². The highest BCUT2D eigenvalue weighted by Gasteiger charge is 2.14. The molecule has 0 unspecified atom stereocenters. The molecule has 2 N–H and O–H groups in total. The Bertz CT molecular complexity index is 1480. The van der Waals surface area contributed by atoms with E-state index >= 15 is 0 Å². The number of hydrogen-bond donors (Lipinski definition) is 2. The average Bonchev–Trinajstić information content (AvgIpc) is 3.10. The fourth-order valence-electron chi connectivity index (χ4n) is 4.03. The van der Waals surface area contributed by atoms with Gasteiger partial charge in [-0.05, 0) is 94.3 Å². The van der Waals surface area contributed by atoms with E-state index in [1.54, 1.807) is 30.3 Å². The van der Waals surface area contributed by atoms with Gasteiger partial charge in [0.15, 0.2) is 5.78 Å². The smallest absolute Gasteiger partial charge is 0.311 e. The lowest BCUT2D eigenvalue weighted by Gasteiger charge is -2.08. The van der Waals surface area contributed by atoms with Crippen molar-refractivity contribution in [1.82, 2.24) is 5.32 Å². The number of carbonyl (C=O) groups excluding carboxylic acids is 3. The zero-order valence-corrected chi connectivity index (χ0v) is 29.3. The summed E-state index contributed by atoms with van der Waals surface area (Å²) in [6.07, 6.45) is 27.6. The Kier molecular flexibility index (Phi) is 22.9. The summed E-state index contributed by atoms with van der Waals surface area (Å²) in [6.45, 7) is 7.55. The maximum atomic E-state index is 12.4. The number of carboxylic acids is 1. The number of allylic oxidation sites excluding steroid dienone is 10. The zero-order chi connectivity index (χ0) is 36.1. The van der Waals surface area contributed by atoms with Gasteiger partial charge >= 0.3 is 11.9 Å². The first-order valence-electron chi connectivity index (χ1n) is 16.9. The number of amides is 1. The van der Waals surface area contributed by atoms with Crippen LogP contribution in [0.1, 0.15) is 106 Å². The summed E-state index contributed by atoms with van der Waals surface area (Å²) in [7, 11) is 0. The molecule has 9 heteroatoms. The minimum atomic E-state index is -0.992. The number of Topliss-reactive ketones (excluding diaryl/α,β-unsaturated/α-hetero) is 1. The highest BCUT2D eigenvalue weighted by Crippen LogP contribution is 2.27. The second kappa shape index (κ2) is 26.8. The summed E-state index contributed by atoms with van der Waals surface area (Å²) in [6, 6.07) is 10.9. The van der Waals surface area contributed by atoms with Crippen LogP contribution in [0.2, 0.25) is 0 Å². The van der Waals surface area contributed by atoms with E-state index in [-0.39, 0.29) is 42.4 Å². The van der Waals surface area contributed by atoms with Crippen molar-refractivity contribution in [3.05, 3.63) is 114 Å².